The summed E-state index contributed by atoms with van der Waals surface area (Å²) in [6, 6.07) is 8.03. The van der Waals surface area contributed by atoms with Crippen molar-refractivity contribution >= 4 is 0 Å². The predicted molar refractivity (Wildman–Crippen MR) is 59.2 cm³/mol. The van der Waals surface area contributed by atoms with E-state index in [9.17, 15) is 0 Å². The van der Waals surface area contributed by atoms with E-state index in [1.54, 1.807) is 19.0 Å². The van der Waals surface area contributed by atoms with Crippen LogP contribution in [0, 0.1) is 0 Å². The zero-order valence-electron chi connectivity index (χ0n) is 9.84. The Morgan fingerprint density at radius 2 is 1.88 bits per heavy atom. The number of rotatable bonds is 4. The fraction of sp³-hybridized carbons (Fsp3) is 0.250. The Balaban J connectivity index is 0.00000144. The van der Waals surface area contributed by atoms with Gasteiger partial charge in [0.2, 0.25) is 0 Å². The smallest absolute Gasteiger partial charge is 0.284 e. The number of ether oxygens (including phenoxy) is 1. The van der Waals surface area contributed by atoms with Crippen LogP contribution in [0.15, 0.2) is 43.0 Å². The lowest BCUT2D eigenvalue weighted by Gasteiger charge is -2.00. The van der Waals surface area contributed by atoms with Gasteiger partial charge in [-0.3, -0.25) is 0 Å². The van der Waals surface area contributed by atoms with Crippen molar-refractivity contribution in [1.82, 2.24) is 4.57 Å². The minimum Gasteiger partial charge on any atom is -1.00 e. The van der Waals surface area contributed by atoms with Crippen molar-refractivity contribution in [3.63, 3.8) is 0 Å². The summed E-state index contributed by atoms with van der Waals surface area (Å²) >= 11 is 0. The normalized spacial score (nSPS) is 9.53. The Bertz CT molecular complexity index is 454. The van der Waals surface area contributed by atoms with Crippen molar-refractivity contribution in [3.05, 3.63) is 48.5 Å². The Morgan fingerprint density at radius 1 is 1.18 bits per heavy atom. The number of benzene rings is 1. The monoisotopic (exact) mass is 346 g/mol. The molecule has 0 fully saturated rings. The zero-order chi connectivity index (χ0) is 11.4. The molecule has 5 heteroatoms. The van der Waals surface area contributed by atoms with Gasteiger partial charge in [-0.15, -0.1) is 0 Å². The molecule has 0 unspecified atom stereocenters. The average Bonchev–Trinajstić information content (AvgIpc) is 2.78. The Labute approximate surface area is 118 Å². The predicted octanol–water partition coefficient (Wildman–Crippen LogP) is -2.11. The second-order valence-electron chi connectivity index (χ2n) is 3.48. The van der Waals surface area contributed by atoms with Crippen LogP contribution in [-0.4, -0.2) is 18.8 Å². The second kappa shape index (κ2) is 6.48. The number of nitrogens with zero attached hydrogens (tertiary/aromatic N) is 2. The first-order chi connectivity index (χ1) is 7.81. The van der Waals surface area contributed by atoms with Gasteiger partial charge in [0.05, 0.1) is 7.11 Å². The van der Waals surface area contributed by atoms with Crippen molar-refractivity contribution in [1.29, 1.82) is 0 Å². The van der Waals surface area contributed by atoms with Gasteiger partial charge in [-0.05, 0) is 17.7 Å². The van der Waals surface area contributed by atoms with Gasteiger partial charge in [0.25, 0.3) is 6.33 Å². The number of methoxy groups -OCH3 is 1. The van der Waals surface area contributed by atoms with Crippen LogP contribution in [0.3, 0.4) is 0 Å². The first-order valence-corrected chi connectivity index (χ1v) is 5.06. The molecule has 0 aliphatic rings. The maximum Gasteiger partial charge on any atom is 0.284 e. The van der Waals surface area contributed by atoms with Crippen molar-refractivity contribution in [3.8, 4) is 5.75 Å². The minimum atomic E-state index is 0. The number of hydrogen-bond donors (Lipinski definition) is 0. The molecule has 0 atom stereocenters. The molecule has 0 amide bonds. The van der Waals surface area contributed by atoms with Crippen molar-refractivity contribution in [2.75, 3.05) is 14.2 Å². The number of aromatic nitrogens is 2. The molecule has 17 heavy (non-hydrogen) atoms. The van der Waals surface area contributed by atoms with Crippen LogP contribution in [0.25, 0.3) is 0 Å². The molecule has 1 aromatic carbocycles. The van der Waals surface area contributed by atoms with E-state index in [-0.39, 0.29) is 24.0 Å². The van der Waals surface area contributed by atoms with E-state index < -0.39 is 0 Å². The molecule has 0 saturated carbocycles. The van der Waals surface area contributed by atoms with Gasteiger partial charge in [0, 0.05) is 0 Å². The average molecular weight is 346 g/mol. The molecule has 2 aromatic rings. The highest BCUT2D eigenvalue weighted by atomic mass is 127. The maximum atomic E-state index is 5.11. The molecule has 0 aliphatic carbocycles. The van der Waals surface area contributed by atoms with Crippen LogP contribution in [-0.2, 0) is 6.54 Å². The first kappa shape index (κ1) is 13.8. The molecular formula is C12H15IN2O2. The van der Waals surface area contributed by atoms with Gasteiger partial charge >= 0.3 is 0 Å². The molecule has 1 aromatic heterocycles. The van der Waals surface area contributed by atoms with Crippen LogP contribution in [0.2, 0.25) is 0 Å². The molecule has 0 bridgehead atoms. The largest absolute Gasteiger partial charge is 1.00 e. The Morgan fingerprint density at radius 3 is 2.41 bits per heavy atom. The zero-order valence-corrected chi connectivity index (χ0v) is 12.0. The number of hydrogen-bond acceptors (Lipinski definition) is 2. The quantitative estimate of drug-likeness (QED) is 0.469. The lowest BCUT2D eigenvalue weighted by Crippen LogP contribution is -3.00. The van der Waals surface area contributed by atoms with Gasteiger partial charge < -0.3 is 33.6 Å². The molecule has 92 valence electrons. The standard InChI is InChI=1S/C12H15N2O2.HI/c1-15-12-5-3-11(4-6-12)9-13-7-8-14(10-13)16-2;/h3-8,10H,9H2,1-2H3;1H/q+1;/p-1. The fourth-order valence-electron chi connectivity index (χ4n) is 1.52. The van der Waals surface area contributed by atoms with E-state index in [4.69, 9.17) is 9.57 Å². The molecule has 0 spiro atoms. The van der Waals surface area contributed by atoms with Gasteiger partial charge in [-0.1, -0.05) is 16.9 Å². The Kier molecular flexibility index (Phi) is 5.27. The maximum absolute atomic E-state index is 5.11. The van der Waals surface area contributed by atoms with Crippen LogP contribution in [0.4, 0.5) is 0 Å². The van der Waals surface area contributed by atoms with Gasteiger partial charge in [0.15, 0.2) is 6.20 Å². The van der Waals surface area contributed by atoms with Crippen molar-refractivity contribution in [2.45, 2.75) is 6.54 Å². The fourth-order valence-corrected chi connectivity index (χ4v) is 1.52. The molecule has 4 nitrogen and oxygen atoms in total. The van der Waals surface area contributed by atoms with Crippen molar-refractivity contribution in [2.24, 2.45) is 0 Å². The third kappa shape index (κ3) is 3.62. The van der Waals surface area contributed by atoms with Crippen LogP contribution < -0.4 is 38.3 Å². The third-order valence-electron chi connectivity index (χ3n) is 2.40. The summed E-state index contributed by atoms with van der Waals surface area (Å²) < 4.78 is 8.81. The molecule has 0 N–H and O–H groups in total. The van der Waals surface area contributed by atoms with E-state index in [1.165, 1.54) is 5.56 Å². The van der Waals surface area contributed by atoms with E-state index in [2.05, 4.69) is 12.1 Å². The topological polar surface area (TPSA) is 27.3 Å². The summed E-state index contributed by atoms with van der Waals surface area (Å²) in [4.78, 5) is 5.04. The van der Waals surface area contributed by atoms with Gasteiger partial charge in [-0.25, -0.2) is 4.57 Å². The highest BCUT2D eigenvalue weighted by Crippen LogP contribution is 2.11. The Hall–Kier alpha value is -1.24. The SMILES string of the molecule is COc1ccc(Cn2cc[n+](OC)c2)cc1.[I-]. The van der Waals surface area contributed by atoms with Gasteiger partial charge in [0.1, 0.15) is 25.6 Å². The van der Waals surface area contributed by atoms with Crippen LogP contribution in [0.1, 0.15) is 5.56 Å². The van der Waals surface area contributed by atoms with E-state index >= 15 is 0 Å². The summed E-state index contributed by atoms with van der Waals surface area (Å²) in [7, 11) is 3.31. The van der Waals surface area contributed by atoms with E-state index in [0.29, 0.717) is 0 Å². The molecule has 1 heterocycles. The van der Waals surface area contributed by atoms with E-state index in [1.807, 2.05) is 35.4 Å². The molecule has 0 saturated heterocycles. The highest BCUT2D eigenvalue weighted by Gasteiger charge is 2.04. The lowest BCUT2D eigenvalue weighted by molar-refractivity contribution is -0.885. The number of imidazole rings is 1. The molecule has 0 aliphatic heterocycles. The molecular weight excluding hydrogens is 331 g/mol. The minimum absolute atomic E-state index is 0. The third-order valence-corrected chi connectivity index (χ3v) is 2.40. The highest BCUT2D eigenvalue weighted by molar-refractivity contribution is 5.27. The summed E-state index contributed by atoms with van der Waals surface area (Å²) in [5.41, 5.74) is 1.22. The molecule has 2 rings (SSSR count). The summed E-state index contributed by atoms with van der Waals surface area (Å²) in [6.45, 7) is 0.820. The van der Waals surface area contributed by atoms with Gasteiger partial charge in [-0.2, -0.15) is 0 Å². The van der Waals surface area contributed by atoms with Crippen LogP contribution >= 0.6 is 0 Å². The summed E-state index contributed by atoms with van der Waals surface area (Å²) in [5, 5.41) is 0. The summed E-state index contributed by atoms with van der Waals surface area (Å²) in [5.74, 6) is 0.878. The molecule has 0 radical (unpaired) electrons. The number of halogens is 1. The second-order valence-corrected chi connectivity index (χ2v) is 3.48. The lowest BCUT2D eigenvalue weighted by atomic mass is 10.2. The summed E-state index contributed by atoms with van der Waals surface area (Å²) in [6.07, 6.45) is 5.72. The van der Waals surface area contributed by atoms with E-state index in [0.717, 1.165) is 12.3 Å². The van der Waals surface area contributed by atoms with Crippen molar-refractivity contribution < 1.29 is 38.3 Å². The first-order valence-electron chi connectivity index (χ1n) is 5.06. The van der Waals surface area contributed by atoms with Crippen LogP contribution in [0.5, 0.6) is 5.75 Å².